The van der Waals surface area contributed by atoms with Gasteiger partial charge in [0.1, 0.15) is 0 Å². The third-order valence-corrected chi connectivity index (χ3v) is 5.86. The highest BCUT2D eigenvalue weighted by atomic mass is 32.1. The molecule has 0 saturated carbocycles. The molecule has 0 bridgehead atoms. The van der Waals surface area contributed by atoms with Gasteiger partial charge in [-0.1, -0.05) is 66.2 Å². The maximum absolute atomic E-state index is 7.54. The minimum absolute atomic E-state index is 0.365. The largest absolute Gasteiger partial charge is 0.256 e. The average molecular weight is 354 g/mol. The SMILES string of the molecule is [2H]C([2H])([2H])c1ccc(-c2ccc3c(c2)sc2c(-c4ccccn4)cccc23)cc1. The van der Waals surface area contributed by atoms with Crippen LogP contribution in [0.1, 0.15) is 9.68 Å². The average Bonchev–Trinajstić information content (AvgIpc) is 3.12. The molecule has 0 aliphatic carbocycles. The van der Waals surface area contributed by atoms with Gasteiger partial charge >= 0.3 is 0 Å². The highest BCUT2D eigenvalue weighted by molar-refractivity contribution is 7.26. The van der Waals surface area contributed by atoms with Crippen molar-refractivity contribution in [2.24, 2.45) is 0 Å². The molecule has 0 unspecified atom stereocenters. The first-order valence-electron chi connectivity index (χ1n) is 9.98. The van der Waals surface area contributed by atoms with Crippen LogP contribution < -0.4 is 0 Å². The van der Waals surface area contributed by atoms with E-state index in [1.807, 2.05) is 36.5 Å². The van der Waals surface area contributed by atoms with Gasteiger partial charge in [-0.3, -0.25) is 4.98 Å². The van der Waals surface area contributed by atoms with Gasteiger partial charge in [-0.2, -0.15) is 0 Å². The summed E-state index contributed by atoms with van der Waals surface area (Å²) in [5, 5.41) is 2.46. The molecule has 0 spiro atoms. The zero-order chi connectivity index (χ0) is 20.0. The Morgan fingerprint density at radius 3 is 2.50 bits per heavy atom. The summed E-state index contributed by atoms with van der Waals surface area (Å²) < 4.78 is 25.1. The lowest BCUT2D eigenvalue weighted by molar-refractivity contribution is 1.33. The van der Waals surface area contributed by atoms with Crippen LogP contribution in [0.3, 0.4) is 0 Å². The lowest BCUT2D eigenvalue weighted by atomic mass is 10.0. The van der Waals surface area contributed by atoms with Gasteiger partial charge in [0.25, 0.3) is 0 Å². The Kier molecular flexibility index (Phi) is 2.90. The van der Waals surface area contributed by atoms with E-state index in [-0.39, 0.29) is 0 Å². The van der Waals surface area contributed by atoms with Crippen molar-refractivity contribution in [3.05, 3.63) is 90.6 Å². The number of fused-ring (bicyclic) bond motifs is 3. The van der Waals surface area contributed by atoms with E-state index in [1.165, 1.54) is 20.2 Å². The molecule has 0 saturated heterocycles. The lowest BCUT2D eigenvalue weighted by Gasteiger charge is -2.03. The van der Waals surface area contributed by atoms with Crippen LogP contribution in [0, 0.1) is 6.85 Å². The number of nitrogens with zero attached hydrogens (tertiary/aromatic N) is 1. The Morgan fingerprint density at radius 2 is 1.69 bits per heavy atom. The second-order valence-electron chi connectivity index (χ2n) is 6.29. The first kappa shape index (κ1) is 12.4. The van der Waals surface area contributed by atoms with Crippen LogP contribution in [-0.4, -0.2) is 4.98 Å². The van der Waals surface area contributed by atoms with E-state index in [9.17, 15) is 0 Å². The maximum atomic E-state index is 7.54. The monoisotopic (exact) mass is 354 g/mol. The zero-order valence-corrected chi connectivity index (χ0v) is 14.8. The summed E-state index contributed by atoms with van der Waals surface area (Å²) in [4.78, 5) is 4.52. The first-order valence-corrected chi connectivity index (χ1v) is 9.30. The fourth-order valence-corrected chi connectivity index (χ4v) is 4.63. The van der Waals surface area contributed by atoms with Crippen LogP contribution in [0.2, 0.25) is 0 Å². The van der Waals surface area contributed by atoms with Gasteiger partial charge in [0.15, 0.2) is 0 Å². The molecule has 0 aliphatic heterocycles. The number of aryl methyl sites for hydroxylation is 1. The van der Waals surface area contributed by atoms with Crippen LogP contribution >= 0.6 is 11.3 Å². The number of pyridine rings is 1. The van der Waals surface area contributed by atoms with Crippen molar-refractivity contribution in [2.45, 2.75) is 6.85 Å². The van der Waals surface area contributed by atoms with Crippen LogP contribution in [0.4, 0.5) is 0 Å². The lowest BCUT2D eigenvalue weighted by Crippen LogP contribution is -1.81. The summed E-state index contributed by atoms with van der Waals surface area (Å²) in [5.74, 6) is 0. The van der Waals surface area contributed by atoms with Gasteiger partial charge in [0, 0.05) is 36.0 Å². The van der Waals surface area contributed by atoms with Crippen molar-refractivity contribution < 1.29 is 4.11 Å². The van der Waals surface area contributed by atoms with Gasteiger partial charge < -0.3 is 0 Å². The quantitative estimate of drug-likeness (QED) is 0.330. The van der Waals surface area contributed by atoms with Crippen molar-refractivity contribution in [2.75, 3.05) is 0 Å². The maximum Gasteiger partial charge on any atom is 0.0716 e. The van der Waals surface area contributed by atoms with E-state index in [1.54, 1.807) is 23.5 Å². The molecule has 2 heterocycles. The van der Waals surface area contributed by atoms with Crippen molar-refractivity contribution in [3.63, 3.8) is 0 Å². The van der Waals surface area contributed by atoms with Crippen molar-refractivity contribution in [1.29, 1.82) is 0 Å². The summed E-state index contributed by atoms with van der Waals surface area (Å²) in [7, 11) is 0. The molecule has 1 nitrogen and oxygen atoms in total. The number of thiophene rings is 1. The Bertz CT molecular complexity index is 1320. The number of rotatable bonds is 2. The molecular formula is C24H17NS. The van der Waals surface area contributed by atoms with Gasteiger partial charge in [0.2, 0.25) is 0 Å². The number of hydrogen-bond donors (Lipinski definition) is 0. The minimum Gasteiger partial charge on any atom is -0.256 e. The summed E-state index contributed by atoms with van der Waals surface area (Å²) in [5.41, 5.74) is 4.59. The molecule has 0 fully saturated rings. The molecule has 2 heteroatoms. The molecule has 0 aliphatic rings. The van der Waals surface area contributed by atoms with Gasteiger partial charge in [0.05, 0.1) is 5.69 Å². The van der Waals surface area contributed by atoms with Crippen LogP contribution in [0.25, 0.3) is 42.6 Å². The normalized spacial score (nSPS) is 13.5. The molecule has 3 aromatic carbocycles. The molecule has 2 aromatic heterocycles. The first-order chi connectivity index (χ1) is 14.0. The molecule has 0 amide bonds. The third kappa shape index (κ3) is 2.51. The molecule has 124 valence electrons. The predicted molar refractivity (Wildman–Crippen MR) is 113 cm³/mol. The standard InChI is InChI=1S/C24H17NS/c1-16-8-10-17(11-9-16)18-12-13-19-20-5-4-6-21(22-7-2-3-14-25-22)24(20)26-23(19)15-18/h2-15H,1H3/i1D3. The molecule has 0 N–H and O–H groups in total. The summed E-state index contributed by atoms with van der Waals surface area (Å²) >= 11 is 1.77. The van der Waals surface area contributed by atoms with Gasteiger partial charge in [-0.15, -0.1) is 11.3 Å². The molecule has 26 heavy (non-hydrogen) atoms. The Hall–Kier alpha value is -2.97. The minimum atomic E-state index is -2.07. The second-order valence-corrected chi connectivity index (χ2v) is 7.34. The van der Waals surface area contributed by atoms with E-state index in [4.69, 9.17) is 4.11 Å². The Labute approximate surface area is 160 Å². The number of aromatic nitrogens is 1. The van der Waals surface area contributed by atoms with Crippen LogP contribution in [0.15, 0.2) is 85.1 Å². The highest BCUT2D eigenvalue weighted by Gasteiger charge is 2.11. The van der Waals surface area contributed by atoms with E-state index in [2.05, 4.69) is 41.4 Å². The van der Waals surface area contributed by atoms with E-state index in [0.29, 0.717) is 5.56 Å². The molecule has 5 rings (SSSR count). The van der Waals surface area contributed by atoms with Crippen molar-refractivity contribution in [1.82, 2.24) is 4.98 Å². The van der Waals surface area contributed by atoms with Gasteiger partial charge in [-0.25, -0.2) is 0 Å². The van der Waals surface area contributed by atoms with Crippen LogP contribution in [-0.2, 0) is 0 Å². The van der Waals surface area contributed by atoms with Gasteiger partial charge in [-0.05, 0) is 36.2 Å². The predicted octanol–water partition coefficient (Wildman–Crippen LogP) is 7.09. The van der Waals surface area contributed by atoms with E-state index < -0.39 is 6.85 Å². The highest BCUT2D eigenvalue weighted by Crippen LogP contribution is 2.40. The van der Waals surface area contributed by atoms with Crippen molar-refractivity contribution >= 4 is 31.5 Å². The van der Waals surface area contributed by atoms with Crippen molar-refractivity contribution in [3.8, 4) is 22.4 Å². The van der Waals surface area contributed by atoms with Crippen LogP contribution in [0.5, 0.6) is 0 Å². The molecule has 0 atom stereocenters. The summed E-state index contributed by atoms with van der Waals surface area (Å²) in [6, 6.07) is 25.9. The molecular weight excluding hydrogens is 334 g/mol. The molecule has 0 radical (unpaired) electrons. The topological polar surface area (TPSA) is 12.9 Å². The fourth-order valence-electron chi connectivity index (χ4n) is 3.36. The summed E-state index contributed by atoms with van der Waals surface area (Å²) in [6.45, 7) is -2.07. The zero-order valence-electron chi connectivity index (χ0n) is 16.9. The third-order valence-electron chi connectivity index (χ3n) is 4.66. The molecule has 5 aromatic rings. The van der Waals surface area contributed by atoms with E-state index in [0.717, 1.165) is 22.4 Å². The number of benzene rings is 3. The summed E-state index contributed by atoms with van der Waals surface area (Å²) in [6.07, 6.45) is 1.82. The Balaban J connectivity index is 1.63. The Morgan fingerprint density at radius 1 is 0.808 bits per heavy atom. The number of hydrogen-bond acceptors (Lipinski definition) is 2. The second kappa shape index (κ2) is 6.08. The van der Waals surface area contributed by atoms with E-state index >= 15 is 0 Å². The fraction of sp³-hybridized carbons (Fsp3) is 0.0417. The smallest absolute Gasteiger partial charge is 0.0716 e.